The van der Waals surface area contributed by atoms with Gasteiger partial charge in [0.2, 0.25) is 0 Å². The number of hydrogen-bond donors (Lipinski definition) is 0. The average Bonchev–Trinajstić information content (AvgIpc) is 3.21. The first kappa shape index (κ1) is 17.1. The van der Waals surface area contributed by atoms with Crippen LogP contribution in [-0.2, 0) is 0 Å². The van der Waals surface area contributed by atoms with Crippen LogP contribution < -0.4 is 0 Å². The van der Waals surface area contributed by atoms with Crippen molar-refractivity contribution >= 4 is 17.2 Å². The number of hydrogen-bond acceptors (Lipinski definition) is 0. The van der Waals surface area contributed by atoms with E-state index in [0.29, 0.717) is 11.3 Å². The highest BCUT2D eigenvalue weighted by molar-refractivity contribution is 5.90. The Morgan fingerprint density at radius 3 is 2.62 bits per heavy atom. The third-order valence-electron chi connectivity index (χ3n) is 5.53. The molecule has 0 saturated carbocycles. The fourth-order valence-electron chi connectivity index (χ4n) is 4.23. The van der Waals surface area contributed by atoms with Crippen LogP contribution in [0.5, 0.6) is 0 Å². The van der Waals surface area contributed by atoms with Gasteiger partial charge in [0.05, 0.1) is 0 Å². The van der Waals surface area contributed by atoms with Crippen LogP contribution in [0.4, 0.5) is 0 Å². The first-order valence-corrected chi connectivity index (χ1v) is 9.70. The van der Waals surface area contributed by atoms with Crippen LogP contribution in [0.3, 0.4) is 0 Å². The van der Waals surface area contributed by atoms with Gasteiger partial charge >= 0.3 is 0 Å². The van der Waals surface area contributed by atoms with Crippen molar-refractivity contribution in [2.45, 2.75) is 46.5 Å². The van der Waals surface area contributed by atoms with E-state index in [2.05, 4.69) is 94.5 Å². The number of rotatable bonds is 3. The third-order valence-corrected chi connectivity index (χ3v) is 5.53. The zero-order valence-corrected chi connectivity index (χ0v) is 16.3. The zero-order chi connectivity index (χ0) is 18.3. The van der Waals surface area contributed by atoms with E-state index in [1.54, 1.807) is 0 Å². The molecule has 0 radical (unpaired) electrons. The van der Waals surface area contributed by atoms with E-state index in [1.165, 1.54) is 45.4 Å². The highest BCUT2D eigenvalue weighted by Crippen LogP contribution is 2.40. The van der Waals surface area contributed by atoms with Gasteiger partial charge in [0, 0.05) is 5.92 Å². The lowest BCUT2D eigenvalue weighted by Crippen LogP contribution is -2.09. The molecule has 0 saturated heterocycles. The molecule has 0 amide bonds. The topological polar surface area (TPSA) is 0 Å². The molecular formula is C26H28. The van der Waals surface area contributed by atoms with E-state index in [1.807, 2.05) is 0 Å². The van der Waals surface area contributed by atoms with Crippen LogP contribution in [0.15, 0.2) is 60.7 Å². The van der Waals surface area contributed by atoms with Crippen LogP contribution in [0.25, 0.3) is 17.2 Å². The van der Waals surface area contributed by atoms with Crippen LogP contribution in [0.2, 0.25) is 0 Å². The van der Waals surface area contributed by atoms with Crippen LogP contribution in [0, 0.1) is 12.3 Å². The molecule has 0 nitrogen and oxygen atoms in total. The predicted octanol–water partition coefficient (Wildman–Crippen LogP) is 7.41. The Morgan fingerprint density at radius 2 is 1.85 bits per heavy atom. The Bertz CT molecular complexity index is 929. The van der Waals surface area contributed by atoms with Crippen LogP contribution >= 0.6 is 0 Å². The van der Waals surface area contributed by atoms with Crippen molar-refractivity contribution < 1.29 is 0 Å². The summed E-state index contributed by atoms with van der Waals surface area (Å²) in [6.07, 6.45) is 11.7. The summed E-state index contributed by atoms with van der Waals surface area (Å²) in [5.74, 6) is 0.567. The molecule has 0 aromatic heterocycles. The molecular weight excluding hydrogens is 312 g/mol. The van der Waals surface area contributed by atoms with Crippen molar-refractivity contribution in [3.05, 3.63) is 88.5 Å². The monoisotopic (exact) mass is 340 g/mol. The summed E-state index contributed by atoms with van der Waals surface area (Å²) < 4.78 is 0. The summed E-state index contributed by atoms with van der Waals surface area (Å²) in [5, 5.41) is 0. The van der Waals surface area contributed by atoms with E-state index in [0.717, 1.165) is 6.42 Å². The van der Waals surface area contributed by atoms with Crippen molar-refractivity contribution in [2.24, 2.45) is 5.41 Å². The maximum atomic E-state index is 2.39. The lowest BCUT2D eigenvalue weighted by atomic mass is 9.82. The zero-order valence-electron chi connectivity index (χ0n) is 16.3. The van der Waals surface area contributed by atoms with Crippen molar-refractivity contribution in [2.75, 3.05) is 0 Å². The molecule has 0 aliphatic heterocycles. The molecule has 0 heteroatoms. The van der Waals surface area contributed by atoms with E-state index in [-0.39, 0.29) is 0 Å². The maximum Gasteiger partial charge on any atom is 0.00322 e. The molecule has 132 valence electrons. The minimum Gasteiger partial charge on any atom is -0.0764 e. The SMILES string of the molecule is Cc1ccccc1C1=CCC(c2ccc3c(c2)C=CC3CC(C)(C)C)=C1. The second kappa shape index (κ2) is 6.43. The number of fused-ring (bicyclic) bond motifs is 1. The lowest BCUT2D eigenvalue weighted by molar-refractivity contribution is 0.362. The summed E-state index contributed by atoms with van der Waals surface area (Å²) in [5.41, 5.74) is 10.1. The molecule has 2 aromatic rings. The molecule has 2 aliphatic carbocycles. The van der Waals surface area contributed by atoms with Gasteiger partial charge in [-0.15, -0.1) is 0 Å². The second-order valence-electron chi connectivity index (χ2n) is 8.92. The normalized spacial score (nSPS) is 18.7. The summed E-state index contributed by atoms with van der Waals surface area (Å²) in [7, 11) is 0. The van der Waals surface area contributed by atoms with Gasteiger partial charge in [-0.05, 0) is 70.2 Å². The Morgan fingerprint density at radius 1 is 1.04 bits per heavy atom. The Labute approximate surface area is 158 Å². The van der Waals surface area contributed by atoms with Crippen LogP contribution in [0.1, 0.15) is 67.3 Å². The van der Waals surface area contributed by atoms with Gasteiger partial charge in [0.25, 0.3) is 0 Å². The van der Waals surface area contributed by atoms with Crippen molar-refractivity contribution in [1.82, 2.24) is 0 Å². The fraction of sp³-hybridized carbons (Fsp3) is 0.308. The first-order chi connectivity index (χ1) is 12.4. The van der Waals surface area contributed by atoms with Gasteiger partial charge in [-0.1, -0.05) is 81.5 Å². The predicted molar refractivity (Wildman–Crippen MR) is 114 cm³/mol. The Hall–Kier alpha value is -2.34. The summed E-state index contributed by atoms with van der Waals surface area (Å²) in [6, 6.07) is 15.7. The number of benzene rings is 2. The molecule has 2 aromatic carbocycles. The minimum absolute atomic E-state index is 0.357. The average molecular weight is 341 g/mol. The maximum absolute atomic E-state index is 2.39. The van der Waals surface area contributed by atoms with Gasteiger partial charge in [-0.2, -0.15) is 0 Å². The Balaban J connectivity index is 1.59. The lowest BCUT2D eigenvalue weighted by Gasteiger charge is -2.23. The summed E-state index contributed by atoms with van der Waals surface area (Å²) in [4.78, 5) is 0. The molecule has 0 heterocycles. The molecule has 2 aliphatic rings. The number of allylic oxidation sites excluding steroid dienone is 5. The third kappa shape index (κ3) is 3.33. The highest BCUT2D eigenvalue weighted by atomic mass is 14.3. The molecule has 0 spiro atoms. The minimum atomic E-state index is 0.357. The van der Waals surface area contributed by atoms with Crippen molar-refractivity contribution in [1.29, 1.82) is 0 Å². The number of aryl methyl sites for hydroxylation is 1. The van der Waals surface area contributed by atoms with Crippen LogP contribution in [-0.4, -0.2) is 0 Å². The molecule has 1 atom stereocenters. The quantitative estimate of drug-likeness (QED) is 0.545. The van der Waals surface area contributed by atoms with E-state index >= 15 is 0 Å². The van der Waals surface area contributed by atoms with E-state index in [4.69, 9.17) is 0 Å². The molecule has 4 rings (SSSR count). The van der Waals surface area contributed by atoms with E-state index in [9.17, 15) is 0 Å². The summed E-state index contributed by atoms with van der Waals surface area (Å²) >= 11 is 0. The highest BCUT2D eigenvalue weighted by Gasteiger charge is 2.23. The molecule has 26 heavy (non-hydrogen) atoms. The molecule has 1 unspecified atom stereocenters. The molecule has 0 fully saturated rings. The van der Waals surface area contributed by atoms with Crippen molar-refractivity contribution in [3.8, 4) is 0 Å². The summed E-state index contributed by atoms with van der Waals surface area (Å²) in [6.45, 7) is 9.18. The van der Waals surface area contributed by atoms with Gasteiger partial charge in [0.15, 0.2) is 0 Å². The molecule has 0 N–H and O–H groups in total. The van der Waals surface area contributed by atoms with Gasteiger partial charge in [-0.25, -0.2) is 0 Å². The second-order valence-corrected chi connectivity index (χ2v) is 8.92. The fourth-order valence-corrected chi connectivity index (χ4v) is 4.23. The van der Waals surface area contributed by atoms with E-state index < -0.39 is 0 Å². The standard InChI is InChI=1S/C26H28/c1-18-7-5-6-8-24(18)21-10-9-19(15-21)20-13-14-25-22(16-20)11-12-23(25)17-26(2,3)4/h5-8,10-16,23H,9,17H2,1-4H3. The van der Waals surface area contributed by atoms with Gasteiger partial charge in [-0.3, -0.25) is 0 Å². The first-order valence-electron chi connectivity index (χ1n) is 9.70. The largest absolute Gasteiger partial charge is 0.0764 e. The van der Waals surface area contributed by atoms with Gasteiger partial charge < -0.3 is 0 Å². The van der Waals surface area contributed by atoms with Crippen molar-refractivity contribution in [3.63, 3.8) is 0 Å². The Kier molecular flexibility index (Phi) is 4.23. The molecule has 0 bridgehead atoms. The smallest absolute Gasteiger partial charge is 0.00322 e. The van der Waals surface area contributed by atoms with Gasteiger partial charge in [0.1, 0.15) is 0 Å².